The fraction of sp³-hybridized carbons (Fsp3) is 0.294. The van der Waals surface area contributed by atoms with Crippen LogP contribution in [0.15, 0.2) is 36.4 Å². The molecule has 0 radical (unpaired) electrons. The molecule has 0 aliphatic carbocycles. The number of hydrogen-bond donors (Lipinski definition) is 1. The molecule has 0 heterocycles. The zero-order valence-electron chi connectivity index (χ0n) is 12.3. The van der Waals surface area contributed by atoms with Crippen molar-refractivity contribution < 1.29 is 4.74 Å². The number of aryl methyl sites for hydroxylation is 2. The van der Waals surface area contributed by atoms with Crippen LogP contribution in [0.5, 0.6) is 5.75 Å². The lowest BCUT2D eigenvalue weighted by molar-refractivity contribution is 0.411. The number of halogens is 1. The Balaban J connectivity index is 2.46. The second kappa shape index (κ2) is 6.59. The van der Waals surface area contributed by atoms with Crippen LogP contribution in [0.3, 0.4) is 0 Å². The first-order chi connectivity index (χ1) is 9.56. The van der Waals surface area contributed by atoms with Crippen LogP contribution in [-0.2, 0) is 0 Å². The third-order valence-electron chi connectivity index (χ3n) is 3.59. The van der Waals surface area contributed by atoms with Gasteiger partial charge in [-0.1, -0.05) is 18.2 Å². The van der Waals surface area contributed by atoms with E-state index in [0.29, 0.717) is 0 Å². The van der Waals surface area contributed by atoms with Crippen molar-refractivity contribution in [1.29, 1.82) is 0 Å². The molecule has 106 valence electrons. The Morgan fingerprint density at radius 1 is 1.05 bits per heavy atom. The second-order valence-corrected chi connectivity index (χ2v) is 6.20. The van der Waals surface area contributed by atoms with Gasteiger partial charge in [0.1, 0.15) is 5.75 Å². The van der Waals surface area contributed by atoms with Crippen molar-refractivity contribution in [2.45, 2.75) is 19.9 Å². The van der Waals surface area contributed by atoms with E-state index in [1.165, 1.54) is 25.8 Å². The summed E-state index contributed by atoms with van der Waals surface area (Å²) < 4.78 is 6.65. The summed E-state index contributed by atoms with van der Waals surface area (Å²) in [5, 5.41) is 3.42. The molecule has 0 bridgehead atoms. The van der Waals surface area contributed by atoms with Gasteiger partial charge in [0.05, 0.1) is 13.2 Å². The Bertz CT molecular complexity index is 593. The van der Waals surface area contributed by atoms with Crippen LogP contribution in [0.2, 0.25) is 0 Å². The van der Waals surface area contributed by atoms with E-state index >= 15 is 0 Å². The third-order valence-corrected chi connectivity index (χ3v) is 4.31. The van der Waals surface area contributed by atoms with Gasteiger partial charge in [-0.2, -0.15) is 0 Å². The fourth-order valence-corrected chi connectivity index (χ4v) is 2.86. The van der Waals surface area contributed by atoms with Crippen molar-refractivity contribution in [2.75, 3.05) is 14.2 Å². The summed E-state index contributed by atoms with van der Waals surface area (Å²) in [5.41, 5.74) is 4.98. The summed E-state index contributed by atoms with van der Waals surface area (Å²) in [7, 11) is 3.72. The van der Waals surface area contributed by atoms with Gasteiger partial charge in [0.15, 0.2) is 0 Å². The van der Waals surface area contributed by atoms with Crippen molar-refractivity contribution in [3.63, 3.8) is 0 Å². The molecule has 2 aromatic rings. The molecule has 2 nitrogen and oxygen atoms in total. The summed E-state index contributed by atoms with van der Waals surface area (Å²) in [6, 6.07) is 13.2. The molecular formula is C17H20INO. The number of ether oxygens (including phenoxy) is 1. The van der Waals surface area contributed by atoms with Crippen molar-refractivity contribution in [3.05, 3.63) is 62.2 Å². The first kappa shape index (κ1) is 15.3. The molecule has 2 rings (SSSR count). The van der Waals surface area contributed by atoms with Crippen LogP contribution in [-0.4, -0.2) is 14.2 Å². The zero-order valence-corrected chi connectivity index (χ0v) is 14.5. The number of hydrogen-bond acceptors (Lipinski definition) is 2. The molecule has 3 heteroatoms. The minimum atomic E-state index is 0.205. The van der Waals surface area contributed by atoms with Crippen molar-refractivity contribution >= 4 is 22.6 Å². The smallest absolute Gasteiger partial charge is 0.122 e. The fourth-order valence-electron chi connectivity index (χ4n) is 2.50. The monoisotopic (exact) mass is 381 g/mol. The average molecular weight is 381 g/mol. The standard InChI is InChI=1S/C17H20INO/c1-11-10-16(20-4)12(2)9-15(11)17(19-3)13-5-7-14(18)8-6-13/h5-10,17,19H,1-4H3. The minimum absolute atomic E-state index is 0.205. The van der Waals surface area contributed by atoms with Gasteiger partial charge in [-0.25, -0.2) is 0 Å². The maximum Gasteiger partial charge on any atom is 0.122 e. The Hall–Kier alpha value is -1.07. The highest BCUT2D eigenvalue weighted by molar-refractivity contribution is 14.1. The van der Waals surface area contributed by atoms with Crippen LogP contribution < -0.4 is 10.1 Å². The largest absolute Gasteiger partial charge is 0.496 e. The number of nitrogens with one attached hydrogen (secondary N) is 1. The summed E-state index contributed by atoms with van der Waals surface area (Å²) >= 11 is 2.33. The molecular weight excluding hydrogens is 361 g/mol. The van der Waals surface area contributed by atoms with Gasteiger partial charge < -0.3 is 10.1 Å². The predicted molar refractivity (Wildman–Crippen MR) is 92.5 cm³/mol. The summed E-state index contributed by atoms with van der Waals surface area (Å²) in [6.45, 7) is 4.22. The van der Waals surface area contributed by atoms with E-state index in [0.717, 1.165) is 5.75 Å². The van der Waals surface area contributed by atoms with Gasteiger partial charge in [-0.3, -0.25) is 0 Å². The molecule has 0 saturated carbocycles. The molecule has 0 amide bonds. The van der Waals surface area contributed by atoms with Crippen LogP contribution in [0, 0.1) is 17.4 Å². The van der Waals surface area contributed by atoms with Gasteiger partial charge in [0.2, 0.25) is 0 Å². The maximum absolute atomic E-state index is 5.39. The Morgan fingerprint density at radius 3 is 2.25 bits per heavy atom. The predicted octanol–water partition coefficient (Wildman–Crippen LogP) is 4.23. The van der Waals surface area contributed by atoms with E-state index in [4.69, 9.17) is 4.74 Å². The quantitative estimate of drug-likeness (QED) is 0.801. The van der Waals surface area contributed by atoms with Gasteiger partial charge >= 0.3 is 0 Å². The van der Waals surface area contributed by atoms with Crippen LogP contribution in [0.1, 0.15) is 28.3 Å². The SMILES string of the molecule is CNC(c1ccc(I)cc1)c1cc(C)c(OC)cc1C. The minimum Gasteiger partial charge on any atom is -0.496 e. The topological polar surface area (TPSA) is 21.3 Å². The molecule has 0 fully saturated rings. The lowest BCUT2D eigenvalue weighted by Gasteiger charge is -2.21. The first-order valence-corrected chi connectivity index (χ1v) is 7.72. The number of rotatable bonds is 4. The van der Waals surface area contributed by atoms with E-state index in [2.05, 4.69) is 78.2 Å². The van der Waals surface area contributed by atoms with Gasteiger partial charge in [0.25, 0.3) is 0 Å². The normalized spacial score (nSPS) is 12.2. The lowest BCUT2D eigenvalue weighted by atomic mass is 9.93. The van der Waals surface area contributed by atoms with Crippen molar-refractivity contribution in [2.24, 2.45) is 0 Å². The summed E-state index contributed by atoms with van der Waals surface area (Å²) in [6.07, 6.45) is 0. The zero-order chi connectivity index (χ0) is 14.7. The molecule has 1 unspecified atom stereocenters. The molecule has 1 N–H and O–H groups in total. The maximum atomic E-state index is 5.39. The third kappa shape index (κ3) is 3.15. The van der Waals surface area contributed by atoms with Gasteiger partial charge in [0, 0.05) is 3.57 Å². The molecule has 0 aromatic heterocycles. The number of benzene rings is 2. The molecule has 0 aliphatic heterocycles. The Kier molecular flexibility index (Phi) is 5.05. The molecule has 0 aliphatic rings. The van der Waals surface area contributed by atoms with E-state index < -0.39 is 0 Å². The highest BCUT2D eigenvalue weighted by Gasteiger charge is 2.16. The van der Waals surface area contributed by atoms with E-state index in [1.54, 1.807) is 7.11 Å². The highest BCUT2D eigenvalue weighted by atomic mass is 127. The van der Waals surface area contributed by atoms with Crippen molar-refractivity contribution in [3.8, 4) is 5.75 Å². The average Bonchev–Trinajstić information content (AvgIpc) is 2.45. The van der Waals surface area contributed by atoms with Crippen LogP contribution in [0.25, 0.3) is 0 Å². The van der Waals surface area contributed by atoms with Crippen LogP contribution >= 0.6 is 22.6 Å². The summed E-state index contributed by atoms with van der Waals surface area (Å²) in [5.74, 6) is 0.948. The highest BCUT2D eigenvalue weighted by Crippen LogP contribution is 2.30. The van der Waals surface area contributed by atoms with Gasteiger partial charge in [-0.05, 0) is 83.9 Å². The van der Waals surface area contributed by atoms with E-state index in [9.17, 15) is 0 Å². The van der Waals surface area contributed by atoms with E-state index in [-0.39, 0.29) is 6.04 Å². The molecule has 0 spiro atoms. The summed E-state index contributed by atoms with van der Waals surface area (Å²) in [4.78, 5) is 0. The van der Waals surface area contributed by atoms with Gasteiger partial charge in [-0.15, -0.1) is 0 Å². The lowest BCUT2D eigenvalue weighted by Crippen LogP contribution is -2.19. The number of methoxy groups -OCH3 is 1. The Labute approximate surface area is 134 Å². The Morgan fingerprint density at radius 2 is 1.70 bits per heavy atom. The molecule has 1 atom stereocenters. The second-order valence-electron chi connectivity index (χ2n) is 4.95. The van der Waals surface area contributed by atoms with Crippen molar-refractivity contribution in [1.82, 2.24) is 5.32 Å². The molecule has 0 saturated heterocycles. The molecule has 2 aromatic carbocycles. The van der Waals surface area contributed by atoms with Crippen LogP contribution in [0.4, 0.5) is 0 Å². The van der Waals surface area contributed by atoms with E-state index in [1.807, 2.05) is 7.05 Å². The molecule has 20 heavy (non-hydrogen) atoms. The first-order valence-electron chi connectivity index (χ1n) is 6.64.